The van der Waals surface area contributed by atoms with Crippen molar-refractivity contribution < 1.29 is 9.53 Å². The quantitative estimate of drug-likeness (QED) is 0.855. The average molecular weight is 349 g/mol. The van der Waals surface area contributed by atoms with E-state index in [4.69, 9.17) is 16.3 Å². The lowest BCUT2D eigenvalue weighted by Gasteiger charge is -2.34. The van der Waals surface area contributed by atoms with Crippen molar-refractivity contribution in [2.24, 2.45) is 0 Å². The fourth-order valence-corrected chi connectivity index (χ4v) is 3.11. The maximum absolute atomic E-state index is 12.7. The van der Waals surface area contributed by atoms with Gasteiger partial charge in [-0.25, -0.2) is 4.68 Å². The molecule has 0 spiro atoms. The van der Waals surface area contributed by atoms with E-state index in [1.165, 1.54) is 5.56 Å². The van der Waals surface area contributed by atoms with Crippen molar-refractivity contribution in [1.29, 1.82) is 0 Å². The number of hydrogen-bond donors (Lipinski definition) is 0. The molecule has 3 rings (SSSR count). The molecule has 1 aliphatic heterocycles. The first kappa shape index (κ1) is 16.9. The van der Waals surface area contributed by atoms with Crippen LogP contribution in [0.4, 0.5) is 0 Å². The smallest absolute Gasteiger partial charge is 0.277 e. The molecule has 1 aliphatic rings. The van der Waals surface area contributed by atoms with E-state index in [-0.39, 0.29) is 29.0 Å². The van der Waals surface area contributed by atoms with E-state index >= 15 is 0 Å². The molecule has 6 nitrogen and oxygen atoms in total. The molecule has 0 N–H and O–H groups in total. The van der Waals surface area contributed by atoms with Gasteiger partial charge in [0.15, 0.2) is 10.8 Å². The van der Waals surface area contributed by atoms with E-state index in [0.717, 1.165) is 5.56 Å². The zero-order valence-electron chi connectivity index (χ0n) is 14.1. The Morgan fingerprint density at radius 1 is 1.25 bits per heavy atom. The van der Waals surface area contributed by atoms with E-state index in [1.54, 1.807) is 9.58 Å². The molecule has 2 atom stereocenters. The first-order chi connectivity index (χ1) is 11.4. The van der Waals surface area contributed by atoms with Crippen LogP contribution in [-0.4, -0.2) is 51.1 Å². The van der Waals surface area contributed by atoms with Gasteiger partial charge in [-0.1, -0.05) is 46.6 Å². The SMILES string of the molecule is Cc1ccc(Cn2nnc(C(=O)N3C[C@H](C)O[C@@H](C)C3)c2Cl)cc1. The molecule has 0 aliphatic carbocycles. The summed E-state index contributed by atoms with van der Waals surface area (Å²) in [5, 5.41) is 8.32. The minimum Gasteiger partial charge on any atom is -0.372 e. The normalized spacial score (nSPS) is 21.1. The highest BCUT2D eigenvalue weighted by Gasteiger charge is 2.30. The Bertz CT molecular complexity index is 719. The van der Waals surface area contributed by atoms with Gasteiger partial charge in [0.2, 0.25) is 0 Å². The van der Waals surface area contributed by atoms with Gasteiger partial charge in [0.05, 0.1) is 18.8 Å². The van der Waals surface area contributed by atoms with Crippen LogP contribution in [0.5, 0.6) is 0 Å². The van der Waals surface area contributed by atoms with Gasteiger partial charge in [-0.15, -0.1) is 5.10 Å². The number of rotatable bonds is 3. The number of benzene rings is 1. The Hall–Kier alpha value is -1.92. The summed E-state index contributed by atoms with van der Waals surface area (Å²) in [4.78, 5) is 14.4. The van der Waals surface area contributed by atoms with E-state index < -0.39 is 0 Å². The van der Waals surface area contributed by atoms with Crippen molar-refractivity contribution >= 4 is 17.5 Å². The van der Waals surface area contributed by atoms with E-state index in [2.05, 4.69) is 10.3 Å². The number of carbonyl (C=O) groups excluding carboxylic acids is 1. The van der Waals surface area contributed by atoms with Crippen LogP contribution in [0.25, 0.3) is 0 Å². The van der Waals surface area contributed by atoms with Crippen molar-refractivity contribution in [1.82, 2.24) is 19.9 Å². The maximum atomic E-state index is 12.7. The summed E-state index contributed by atoms with van der Waals surface area (Å²) in [6.45, 7) is 7.48. The van der Waals surface area contributed by atoms with Crippen LogP contribution in [0.1, 0.15) is 35.5 Å². The first-order valence-electron chi connectivity index (χ1n) is 8.03. The highest BCUT2D eigenvalue weighted by Crippen LogP contribution is 2.19. The molecule has 1 saturated heterocycles. The minimum atomic E-state index is -0.197. The summed E-state index contributed by atoms with van der Waals surface area (Å²) < 4.78 is 7.21. The summed E-state index contributed by atoms with van der Waals surface area (Å²) in [6, 6.07) is 8.09. The predicted octanol–water partition coefficient (Wildman–Crippen LogP) is 2.54. The second-order valence-electron chi connectivity index (χ2n) is 6.34. The van der Waals surface area contributed by atoms with Crippen LogP contribution >= 0.6 is 11.6 Å². The number of carbonyl (C=O) groups is 1. The summed E-state index contributed by atoms with van der Waals surface area (Å²) in [5.74, 6) is -0.197. The lowest BCUT2D eigenvalue weighted by atomic mass is 10.1. The van der Waals surface area contributed by atoms with Gasteiger partial charge in [0.1, 0.15) is 0 Å². The second kappa shape index (κ2) is 6.91. The van der Waals surface area contributed by atoms with Gasteiger partial charge in [-0.05, 0) is 26.3 Å². The fraction of sp³-hybridized carbons (Fsp3) is 0.471. The standard InChI is InChI=1S/C17H21ClN4O2/c1-11-4-6-14(7-5-11)10-22-16(18)15(19-20-22)17(23)21-8-12(2)24-13(3)9-21/h4-7,12-13H,8-10H2,1-3H3/t12-,13-/m0/s1. The van der Waals surface area contributed by atoms with Gasteiger partial charge in [-0.2, -0.15) is 0 Å². The molecule has 1 aromatic heterocycles. The average Bonchev–Trinajstić information content (AvgIpc) is 2.89. The molecule has 1 fully saturated rings. The Balaban J connectivity index is 1.76. The molecule has 128 valence electrons. The minimum absolute atomic E-state index is 0.000853. The monoisotopic (exact) mass is 348 g/mol. The molecule has 1 amide bonds. The van der Waals surface area contributed by atoms with E-state index in [1.807, 2.05) is 45.0 Å². The Labute approximate surface area is 146 Å². The van der Waals surface area contributed by atoms with Crippen molar-refractivity contribution in [2.45, 2.75) is 39.5 Å². The third-order valence-electron chi connectivity index (χ3n) is 4.04. The van der Waals surface area contributed by atoms with Crippen LogP contribution in [0.3, 0.4) is 0 Å². The highest BCUT2D eigenvalue weighted by molar-refractivity contribution is 6.32. The molecular formula is C17H21ClN4O2. The lowest BCUT2D eigenvalue weighted by molar-refractivity contribution is -0.0587. The van der Waals surface area contributed by atoms with Crippen LogP contribution in [-0.2, 0) is 11.3 Å². The molecule has 0 radical (unpaired) electrons. The number of aryl methyl sites for hydroxylation is 1. The number of nitrogens with zero attached hydrogens (tertiary/aromatic N) is 4. The molecule has 2 aromatic rings. The summed E-state index contributed by atoms with van der Waals surface area (Å²) in [5.41, 5.74) is 2.44. The van der Waals surface area contributed by atoms with E-state index in [9.17, 15) is 4.79 Å². The van der Waals surface area contributed by atoms with Crippen LogP contribution in [0.15, 0.2) is 24.3 Å². The fourth-order valence-electron chi connectivity index (χ4n) is 2.89. The molecule has 0 unspecified atom stereocenters. The van der Waals surface area contributed by atoms with E-state index in [0.29, 0.717) is 19.6 Å². The van der Waals surface area contributed by atoms with Gasteiger partial charge in [-0.3, -0.25) is 4.79 Å². The lowest BCUT2D eigenvalue weighted by Crippen LogP contribution is -2.48. The van der Waals surface area contributed by atoms with Crippen LogP contribution in [0.2, 0.25) is 5.15 Å². The Morgan fingerprint density at radius 3 is 2.50 bits per heavy atom. The number of morpholine rings is 1. The molecule has 7 heteroatoms. The van der Waals surface area contributed by atoms with Crippen molar-refractivity contribution in [3.63, 3.8) is 0 Å². The molecule has 1 aromatic carbocycles. The zero-order valence-corrected chi connectivity index (χ0v) is 14.8. The van der Waals surface area contributed by atoms with Gasteiger partial charge >= 0.3 is 0 Å². The summed E-state index contributed by atoms with van der Waals surface area (Å²) in [6.07, 6.45) is -0.00171. The molecule has 2 heterocycles. The van der Waals surface area contributed by atoms with Gasteiger partial charge in [0, 0.05) is 13.1 Å². The first-order valence-corrected chi connectivity index (χ1v) is 8.41. The predicted molar refractivity (Wildman–Crippen MR) is 91.2 cm³/mol. The Kier molecular flexibility index (Phi) is 4.87. The van der Waals surface area contributed by atoms with Crippen molar-refractivity contribution in [2.75, 3.05) is 13.1 Å². The van der Waals surface area contributed by atoms with Crippen LogP contribution in [0, 0.1) is 6.92 Å². The van der Waals surface area contributed by atoms with Crippen molar-refractivity contribution in [3.05, 3.63) is 46.2 Å². The highest BCUT2D eigenvalue weighted by atomic mass is 35.5. The number of ether oxygens (including phenoxy) is 1. The number of amides is 1. The topological polar surface area (TPSA) is 60.2 Å². The largest absolute Gasteiger partial charge is 0.372 e. The number of hydrogen-bond acceptors (Lipinski definition) is 4. The third kappa shape index (κ3) is 3.60. The molecule has 0 saturated carbocycles. The zero-order chi connectivity index (χ0) is 17.3. The molecular weight excluding hydrogens is 328 g/mol. The summed E-state index contributed by atoms with van der Waals surface area (Å²) in [7, 11) is 0. The third-order valence-corrected chi connectivity index (χ3v) is 4.41. The van der Waals surface area contributed by atoms with Gasteiger partial charge in [0.25, 0.3) is 5.91 Å². The maximum Gasteiger partial charge on any atom is 0.277 e. The molecule has 0 bridgehead atoms. The second-order valence-corrected chi connectivity index (χ2v) is 6.70. The summed E-state index contributed by atoms with van der Waals surface area (Å²) >= 11 is 6.35. The van der Waals surface area contributed by atoms with Crippen molar-refractivity contribution in [3.8, 4) is 0 Å². The number of aromatic nitrogens is 3. The Morgan fingerprint density at radius 2 is 1.88 bits per heavy atom. The number of halogens is 1. The van der Waals surface area contributed by atoms with Crippen LogP contribution < -0.4 is 0 Å². The van der Waals surface area contributed by atoms with Gasteiger partial charge < -0.3 is 9.64 Å². The molecule has 24 heavy (non-hydrogen) atoms.